The molecule has 1 aromatic carbocycles. The number of nitro benzene ring substituents is 1. The molecule has 0 saturated heterocycles. The Morgan fingerprint density at radius 1 is 1.35 bits per heavy atom. The number of benzene rings is 1. The summed E-state index contributed by atoms with van der Waals surface area (Å²) in [4.78, 5) is 21.7. The minimum atomic E-state index is -0.432. The molecule has 0 fully saturated rings. The highest BCUT2D eigenvalue weighted by Crippen LogP contribution is 2.12. The first-order valence-corrected chi connectivity index (χ1v) is 6.65. The first kappa shape index (κ1) is 16.1. The van der Waals surface area contributed by atoms with Crippen LogP contribution < -0.4 is 11.1 Å². The number of nitrogens with two attached hydrogens (primary N) is 1. The number of nitrogens with zero attached hydrogens (tertiary/aromatic N) is 1. The molecule has 0 bridgehead atoms. The van der Waals surface area contributed by atoms with Crippen molar-refractivity contribution in [3.8, 4) is 0 Å². The summed E-state index contributed by atoms with van der Waals surface area (Å²) < 4.78 is 0. The van der Waals surface area contributed by atoms with E-state index in [4.69, 9.17) is 5.73 Å². The van der Waals surface area contributed by atoms with Crippen molar-refractivity contribution in [3.63, 3.8) is 0 Å². The fourth-order valence-electron chi connectivity index (χ4n) is 1.65. The van der Waals surface area contributed by atoms with Crippen molar-refractivity contribution in [2.75, 3.05) is 6.54 Å². The Kier molecular flexibility index (Phi) is 6.11. The van der Waals surface area contributed by atoms with Gasteiger partial charge in [-0.2, -0.15) is 0 Å². The van der Waals surface area contributed by atoms with Gasteiger partial charge in [-0.3, -0.25) is 14.9 Å². The molecule has 6 heteroatoms. The Morgan fingerprint density at radius 3 is 2.45 bits per heavy atom. The average molecular weight is 279 g/mol. The summed E-state index contributed by atoms with van der Waals surface area (Å²) >= 11 is 0. The Bertz CT molecular complexity index is 457. The van der Waals surface area contributed by atoms with E-state index in [1.54, 1.807) is 12.1 Å². The summed E-state index contributed by atoms with van der Waals surface area (Å²) in [6, 6.07) is 6.20. The summed E-state index contributed by atoms with van der Waals surface area (Å²) in [5.74, 6) is 0.212. The second-order valence-corrected chi connectivity index (χ2v) is 5.14. The number of amides is 1. The summed E-state index contributed by atoms with van der Waals surface area (Å²) in [7, 11) is 0. The van der Waals surface area contributed by atoms with E-state index in [0.717, 1.165) is 5.56 Å². The van der Waals surface area contributed by atoms with Crippen LogP contribution in [0.5, 0.6) is 0 Å². The zero-order valence-corrected chi connectivity index (χ0v) is 11.8. The van der Waals surface area contributed by atoms with Crippen LogP contribution >= 0.6 is 0 Å². The summed E-state index contributed by atoms with van der Waals surface area (Å²) in [5.41, 5.74) is 6.84. The lowest BCUT2D eigenvalue weighted by atomic mass is 10.0. The molecule has 0 aromatic heterocycles. The summed E-state index contributed by atoms with van der Waals surface area (Å²) in [6.07, 6.45) is 0.957. The SMILES string of the molecule is CC(C)C(N)CC(=O)NCCc1ccc([N+](=O)[O-])cc1. The second kappa shape index (κ2) is 7.59. The van der Waals surface area contributed by atoms with Crippen molar-refractivity contribution in [2.24, 2.45) is 11.7 Å². The summed E-state index contributed by atoms with van der Waals surface area (Å²) in [6.45, 7) is 4.46. The predicted octanol–water partition coefficient (Wildman–Crippen LogP) is 1.63. The number of rotatable bonds is 7. The van der Waals surface area contributed by atoms with Crippen LogP contribution in [-0.2, 0) is 11.2 Å². The van der Waals surface area contributed by atoms with Gasteiger partial charge in [0.2, 0.25) is 5.91 Å². The van der Waals surface area contributed by atoms with E-state index in [1.165, 1.54) is 12.1 Å². The van der Waals surface area contributed by atoms with E-state index in [0.29, 0.717) is 19.4 Å². The maximum Gasteiger partial charge on any atom is 0.269 e. The molecule has 1 aromatic rings. The molecule has 0 aliphatic rings. The number of non-ortho nitro benzene ring substituents is 1. The molecule has 6 nitrogen and oxygen atoms in total. The quantitative estimate of drug-likeness (QED) is 0.585. The summed E-state index contributed by atoms with van der Waals surface area (Å²) in [5, 5.41) is 13.3. The molecule has 1 amide bonds. The lowest BCUT2D eigenvalue weighted by Gasteiger charge is -2.14. The Morgan fingerprint density at radius 2 is 1.95 bits per heavy atom. The molecule has 0 aliphatic carbocycles. The van der Waals surface area contributed by atoms with Crippen LogP contribution in [0.2, 0.25) is 0 Å². The predicted molar refractivity (Wildman–Crippen MR) is 77.2 cm³/mol. The van der Waals surface area contributed by atoms with Gasteiger partial charge in [0.05, 0.1) is 4.92 Å². The molecule has 1 unspecified atom stereocenters. The van der Waals surface area contributed by atoms with Crippen molar-refractivity contribution in [1.82, 2.24) is 5.32 Å². The highest BCUT2D eigenvalue weighted by atomic mass is 16.6. The van der Waals surface area contributed by atoms with E-state index in [-0.39, 0.29) is 23.6 Å². The fraction of sp³-hybridized carbons (Fsp3) is 0.500. The molecular formula is C14H21N3O3. The molecule has 110 valence electrons. The first-order valence-electron chi connectivity index (χ1n) is 6.65. The van der Waals surface area contributed by atoms with E-state index < -0.39 is 4.92 Å². The van der Waals surface area contributed by atoms with Gasteiger partial charge in [0.1, 0.15) is 0 Å². The topological polar surface area (TPSA) is 98.3 Å². The van der Waals surface area contributed by atoms with Crippen LogP contribution in [-0.4, -0.2) is 23.4 Å². The van der Waals surface area contributed by atoms with Crippen LogP contribution in [0.1, 0.15) is 25.8 Å². The van der Waals surface area contributed by atoms with Crippen LogP contribution in [0.4, 0.5) is 5.69 Å². The lowest BCUT2D eigenvalue weighted by Crippen LogP contribution is -2.35. The molecular weight excluding hydrogens is 258 g/mol. The molecule has 0 aliphatic heterocycles. The number of carbonyl (C=O) groups excluding carboxylic acids is 1. The van der Waals surface area contributed by atoms with Crippen LogP contribution in [0, 0.1) is 16.0 Å². The molecule has 20 heavy (non-hydrogen) atoms. The molecule has 0 heterocycles. The number of hydrogen-bond donors (Lipinski definition) is 2. The Balaban J connectivity index is 2.33. The van der Waals surface area contributed by atoms with Crippen LogP contribution in [0.3, 0.4) is 0 Å². The number of carbonyl (C=O) groups is 1. The normalized spacial score (nSPS) is 12.2. The lowest BCUT2D eigenvalue weighted by molar-refractivity contribution is -0.384. The van der Waals surface area contributed by atoms with E-state index in [9.17, 15) is 14.9 Å². The van der Waals surface area contributed by atoms with Gasteiger partial charge in [-0.15, -0.1) is 0 Å². The van der Waals surface area contributed by atoms with Gasteiger partial charge >= 0.3 is 0 Å². The monoisotopic (exact) mass is 279 g/mol. The van der Waals surface area contributed by atoms with Gasteiger partial charge in [-0.25, -0.2) is 0 Å². The van der Waals surface area contributed by atoms with Crippen molar-refractivity contribution in [3.05, 3.63) is 39.9 Å². The first-order chi connectivity index (χ1) is 9.40. The smallest absolute Gasteiger partial charge is 0.269 e. The van der Waals surface area contributed by atoms with E-state index in [2.05, 4.69) is 5.32 Å². The molecule has 0 saturated carbocycles. The maximum atomic E-state index is 11.6. The third kappa shape index (κ3) is 5.36. The third-order valence-corrected chi connectivity index (χ3v) is 3.16. The number of nitro groups is 1. The van der Waals surface area contributed by atoms with Gasteiger partial charge in [-0.1, -0.05) is 26.0 Å². The molecule has 3 N–H and O–H groups in total. The fourth-order valence-corrected chi connectivity index (χ4v) is 1.65. The van der Waals surface area contributed by atoms with Crippen LogP contribution in [0.25, 0.3) is 0 Å². The van der Waals surface area contributed by atoms with E-state index >= 15 is 0 Å². The van der Waals surface area contributed by atoms with E-state index in [1.807, 2.05) is 13.8 Å². The third-order valence-electron chi connectivity index (χ3n) is 3.16. The van der Waals surface area contributed by atoms with Gasteiger partial charge in [0, 0.05) is 31.1 Å². The standard InChI is InChI=1S/C14H21N3O3/c1-10(2)13(15)9-14(18)16-8-7-11-3-5-12(6-4-11)17(19)20/h3-6,10,13H,7-9,15H2,1-2H3,(H,16,18). The average Bonchev–Trinajstić information content (AvgIpc) is 2.39. The van der Waals surface area contributed by atoms with Gasteiger partial charge in [0.15, 0.2) is 0 Å². The molecule has 1 rings (SSSR count). The molecule has 0 radical (unpaired) electrons. The van der Waals surface area contributed by atoms with Crippen molar-refractivity contribution >= 4 is 11.6 Å². The maximum absolute atomic E-state index is 11.6. The largest absolute Gasteiger partial charge is 0.356 e. The van der Waals surface area contributed by atoms with Gasteiger partial charge in [-0.05, 0) is 17.9 Å². The zero-order valence-electron chi connectivity index (χ0n) is 11.8. The minimum absolute atomic E-state index is 0.0619. The van der Waals surface area contributed by atoms with Crippen LogP contribution in [0.15, 0.2) is 24.3 Å². The minimum Gasteiger partial charge on any atom is -0.356 e. The van der Waals surface area contributed by atoms with Crippen molar-refractivity contribution in [2.45, 2.75) is 32.7 Å². The number of nitrogens with one attached hydrogen (secondary N) is 1. The number of hydrogen-bond acceptors (Lipinski definition) is 4. The molecule has 0 spiro atoms. The van der Waals surface area contributed by atoms with Gasteiger partial charge in [0.25, 0.3) is 5.69 Å². The zero-order chi connectivity index (χ0) is 15.1. The van der Waals surface area contributed by atoms with Gasteiger partial charge < -0.3 is 11.1 Å². The highest BCUT2D eigenvalue weighted by molar-refractivity contribution is 5.76. The molecule has 1 atom stereocenters. The second-order valence-electron chi connectivity index (χ2n) is 5.14. The Hall–Kier alpha value is -1.95. The highest BCUT2D eigenvalue weighted by Gasteiger charge is 2.12. The van der Waals surface area contributed by atoms with Crippen molar-refractivity contribution < 1.29 is 9.72 Å². The van der Waals surface area contributed by atoms with Crippen molar-refractivity contribution in [1.29, 1.82) is 0 Å². The Labute approximate surface area is 118 Å².